The molecule has 2 atom stereocenters. The second-order valence-electron chi connectivity index (χ2n) is 7.79. The molecule has 0 aromatic carbocycles. The van der Waals surface area contributed by atoms with Gasteiger partial charge in [-0.25, -0.2) is 4.79 Å². The normalized spacial score (nSPS) is 29.9. The Bertz CT molecular complexity index is 383. The van der Waals surface area contributed by atoms with Gasteiger partial charge in [0.15, 0.2) is 0 Å². The summed E-state index contributed by atoms with van der Waals surface area (Å²) in [4.78, 5) is 16.9. The molecule has 1 saturated heterocycles. The third-order valence-corrected chi connectivity index (χ3v) is 5.53. The van der Waals surface area contributed by atoms with Gasteiger partial charge in [-0.2, -0.15) is 0 Å². The molecular formula is C17H34N4O2. The summed E-state index contributed by atoms with van der Waals surface area (Å²) in [6, 6.07) is 0.295. The largest absolute Gasteiger partial charge is 0.396 e. The summed E-state index contributed by atoms with van der Waals surface area (Å²) in [5.74, 6) is 0. The van der Waals surface area contributed by atoms with E-state index in [9.17, 15) is 9.90 Å². The fraction of sp³-hybridized carbons (Fsp3) is 0.941. The maximum Gasteiger partial charge on any atom is 0.315 e. The first-order valence-corrected chi connectivity index (χ1v) is 8.98. The van der Waals surface area contributed by atoms with Crippen molar-refractivity contribution in [2.45, 2.75) is 51.1 Å². The number of aliphatic hydroxyl groups excluding tert-OH is 1. The minimum atomic E-state index is -0.160. The molecule has 1 aliphatic heterocycles. The van der Waals surface area contributed by atoms with Gasteiger partial charge in [0.2, 0.25) is 0 Å². The summed E-state index contributed by atoms with van der Waals surface area (Å²) in [5.41, 5.74) is -0.160. The summed E-state index contributed by atoms with van der Waals surface area (Å²) in [6.07, 6.45) is 5.06. The Labute approximate surface area is 140 Å². The summed E-state index contributed by atoms with van der Waals surface area (Å²) in [7, 11) is 4.20. The van der Waals surface area contributed by atoms with E-state index in [-0.39, 0.29) is 30.1 Å². The van der Waals surface area contributed by atoms with E-state index < -0.39 is 0 Å². The van der Waals surface area contributed by atoms with E-state index in [4.69, 9.17) is 0 Å². The summed E-state index contributed by atoms with van der Waals surface area (Å²) >= 11 is 0. The van der Waals surface area contributed by atoms with Crippen LogP contribution in [0.5, 0.6) is 0 Å². The molecular weight excluding hydrogens is 292 g/mol. The lowest BCUT2D eigenvalue weighted by Crippen LogP contribution is -2.53. The van der Waals surface area contributed by atoms with Crippen LogP contribution in [0.3, 0.4) is 0 Å². The van der Waals surface area contributed by atoms with Crippen molar-refractivity contribution in [2.24, 2.45) is 5.41 Å². The summed E-state index contributed by atoms with van der Waals surface area (Å²) in [6.45, 7) is 6.49. The van der Waals surface area contributed by atoms with Gasteiger partial charge in [0, 0.05) is 43.7 Å². The van der Waals surface area contributed by atoms with E-state index in [1.807, 2.05) is 0 Å². The van der Waals surface area contributed by atoms with Gasteiger partial charge in [-0.1, -0.05) is 13.3 Å². The van der Waals surface area contributed by atoms with Crippen LogP contribution in [0, 0.1) is 5.41 Å². The molecule has 23 heavy (non-hydrogen) atoms. The third-order valence-electron chi connectivity index (χ3n) is 5.53. The Kier molecular flexibility index (Phi) is 6.68. The number of carbonyl (C=O) groups is 1. The molecule has 0 aromatic rings. The van der Waals surface area contributed by atoms with Crippen LogP contribution in [0.25, 0.3) is 0 Å². The van der Waals surface area contributed by atoms with Crippen molar-refractivity contribution in [3.05, 3.63) is 0 Å². The van der Waals surface area contributed by atoms with Crippen molar-refractivity contribution < 1.29 is 9.90 Å². The zero-order valence-electron chi connectivity index (χ0n) is 15.0. The number of nitrogens with one attached hydrogen (secondary N) is 2. The molecule has 2 unspecified atom stereocenters. The number of carbonyl (C=O) groups excluding carboxylic acids is 1. The van der Waals surface area contributed by atoms with Crippen molar-refractivity contribution >= 4 is 6.03 Å². The number of piperidine rings is 1. The van der Waals surface area contributed by atoms with Crippen LogP contribution in [-0.2, 0) is 0 Å². The van der Waals surface area contributed by atoms with Crippen LogP contribution >= 0.6 is 0 Å². The zero-order chi connectivity index (χ0) is 16.9. The molecule has 2 fully saturated rings. The van der Waals surface area contributed by atoms with Gasteiger partial charge in [0.25, 0.3) is 0 Å². The second kappa shape index (κ2) is 8.31. The average molecular weight is 326 g/mol. The van der Waals surface area contributed by atoms with Gasteiger partial charge in [-0.05, 0) is 39.8 Å². The van der Waals surface area contributed by atoms with Gasteiger partial charge in [0.05, 0.1) is 6.61 Å². The van der Waals surface area contributed by atoms with Crippen molar-refractivity contribution in [3.63, 3.8) is 0 Å². The first-order chi connectivity index (χ1) is 10.9. The molecule has 1 heterocycles. The minimum absolute atomic E-state index is 0.0664. The van der Waals surface area contributed by atoms with Crippen LogP contribution < -0.4 is 10.6 Å². The Morgan fingerprint density at radius 1 is 1.26 bits per heavy atom. The molecule has 3 N–H and O–H groups in total. The minimum Gasteiger partial charge on any atom is -0.396 e. The van der Waals surface area contributed by atoms with Gasteiger partial charge in [0.1, 0.15) is 0 Å². The van der Waals surface area contributed by atoms with E-state index in [0.29, 0.717) is 0 Å². The van der Waals surface area contributed by atoms with Crippen molar-refractivity contribution in [1.29, 1.82) is 0 Å². The van der Waals surface area contributed by atoms with E-state index in [0.717, 1.165) is 58.3 Å². The number of rotatable bonds is 6. The molecule has 6 nitrogen and oxygen atoms in total. The SMILES string of the molecule is CN(C)CCN1CCC(NC(=O)NC2CCCC2(C)CO)CC1. The van der Waals surface area contributed by atoms with Crippen molar-refractivity contribution in [1.82, 2.24) is 20.4 Å². The molecule has 2 aliphatic rings. The first kappa shape index (κ1) is 18.5. The predicted octanol–water partition coefficient (Wildman–Crippen LogP) is 0.863. The molecule has 1 saturated carbocycles. The number of urea groups is 1. The fourth-order valence-electron chi connectivity index (χ4n) is 3.70. The van der Waals surface area contributed by atoms with E-state index in [1.54, 1.807) is 0 Å². The smallest absolute Gasteiger partial charge is 0.315 e. The molecule has 2 amide bonds. The predicted molar refractivity (Wildman–Crippen MR) is 92.5 cm³/mol. The van der Waals surface area contributed by atoms with Gasteiger partial charge < -0.3 is 25.5 Å². The number of hydrogen-bond donors (Lipinski definition) is 3. The average Bonchev–Trinajstić information content (AvgIpc) is 2.88. The van der Waals surface area contributed by atoms with Crippen LogP contribution in [0.4, 0.5) is 4.79 Å². The first-order valence-electron chi connectivity index (χ1n) is 8.98. The van der Waals surface area contributed by atoms with E-state index in [2.05, 4.69) is 41.5 Å². The topological polar surface area (TPSA) is 67.8 Å². The van der Waals surface area contributed by atoms with Crippen LogP contribution in [-0.4, -0.2) is 79.9 Å². The molecule has 0 radical (unpaired) electrons. The lowest BCUT2D eigenvalue weighted by atomic mass is 9.86. The van der Waals surface area contributed by atoms with Gasteiger partial charge in [-0.3, -0.25) is 0 Å². The quantitative estimate of drug-likeness (QED) is 0.677. The number of likely N-dealkylation sites (N-methyl/N-ethyl adjacent to an activating group) is 1. The number of amides is 2. The maximum absolute atomic E-state index is 12.2. The Hall–Kier alpha value is -0.850. The molecule has 1 aliphatic carbocycles. The molecule has 0 spiro atoms. The van der Waals surface area contributed by atoms with Crippen molar-refractivity contribution in [3.8, 4) is 0 Å². The standard InChI is InChI=1S/C17H34N4O2/c1-17(13-22)8-4-5-15(17)19-16(23)18-14-6-9-21(10-7-14)12-11-20(2)3/h14-15,22H,4-13H2,1-3H3,(H2,18,19,23). The molecule has 2 rings (SSSR count). The number of aliphatic hydroxyl groups is 1. The molecule has 0 aromatic heterocycles. The number of nitrogens with zero attached hydrogens (tertiary/aromatic N) is 2. The van der Waals surface area contributed by atoms with Crippen LogP contribution in [0.15, 0.2) is 0 Å². The van der Waals surface area contributed by atoms with Crippen molar-refractivity contribution in [2.75, 3.05) is 46.9 Å². The Morgan fingerprint density at radius 3 is 2.57 bits per heavy atom. The van der Waals surface area contributed by atoms with E-state index in [1.165, 1.54) is 0 Å². The fourth-order valence-corrected chi connectivity index (χ4v) is 3.70. The highest BCUT2D eigenvalue weighted by Gasteiger charge is 2.39. The highest BCUT2D eigenvalue weighted by atomic mass is 16.3. The van der Waals surface area contributed by atoms with Crippen LogP contribution in [0.1, 0.15) is 39.0 Å². The monoisotopic (exact) mass is 326 g/mol. The van der Waals surface area contributed by atoms with Gasteiger partial charge in [-0.15, -0.1) is 0 Å². The lowest BCUT2D eigenvalue weighted by Gasteiger charge is -2.34. The number of hydrogen-bond acceptors (Lipinski definition) is 4. The Balaban J connectivity index is 1.69. The van der Waals surface area contributed by atoms with E-state index >= 15 is 0 Å². The highest BCUT2D eigenvalue weighted by Crippen LogP contribution is 2.37. The summed E-state index contributed by atoms with van der Waals surface area (Å²) in [5, 5.41) is 15.8. The van der Waals surface area contributed by atoms with Gasteiger partial charge >= 0.3 is 6.03 Å². The number of likely N-dealkylation sites (tertiary alicyclic amines) is 1. The third kappa shape index (κ3) is 5.33. The molecule has 6 heteroatoms. The second-order valence-corrected chi connectivity index (χ2v) is 7.79. The highest BCUT2D eigenvalue weighted by molar-refractivity contribution is 5.74. The zero-order valence-corrected chi connectivity index (χ0v) is 15.0. The molecule has 0 bridgehead atoms. The maximum atomic E-state index is 12.2. The summed E-state index contributed by atoms with van der Waals surface area (Å²) < 4.78 is 0. The lowest BCUT2D eigenvalue weighted by molar-refractivity contribution is 0.120. The molecule has 134 valence electrons. The Morgan fingerprint density at radius 2 is 1.96 bits per heavy atom. The van der Waals surface area contributed by atoms with Crippen LogP contribution in [0.2, 0.25) is 0 Å².